The molecule has 27 heavy (non-hydrogen) atoms. The van der Waals surface area contributed by atoms with E-state index in [2.05, 4.69) is 14.5 Å². The number of carbonyl (C=O) groups excluding carboxylic acids is 2. The predicted octanol–water partition coefficient (Wildman–Crippen LogP) is 2.65. The average Bonchev–Trinajstić information content (AvgIpc) is 3.10. The van der Waals surface area contributed by atoms with Gasteiger partial charge in [-0.05, 0) is 31.2 Å². The molecular formula is C20H25ClN4O2. The molecule has 3 rings (SSSR count). The molecule has 0 radical (unpaired) electrons. The van der Waals surface area contributed by atoms with Gasteiger partial charge in [-0.25, -0.2) is 4.98 Å². The fourth-order valence-corrected chi connectivity index (χ4v) is 3.39. The molecule has 7 heteroatoms. The second-order valence-electron chi connectivity index (χ2n) is 6.82. The van der Waals surface area contributed by atoms with Crippen molar-refractivity contribution in [3.8, 4) is 0 Å². The van der Waals surface area contributed by atoms with E-state index in [1.54, 1.807) is 24.3 Å². The van der Waals surface area contributed by atoms with Gasteiger partial charge in [0.05, 0.1) is 0 Å². The van der Waals surface area contributed by atoms with Crippen LogP contribution in [0.2, 0.25) is 5.02 Å². The number of hydrogen-bond donors (Lipinski definition) is 0. The van der Waals surface area contributed by atoms with Crippen LogP contribution in [0.25, 0.3) is 0 Å². The van der Waals surface area contributed by atoms with Gasteiger partial charge in [-0.2, -0.15) is 0 Å². The van der Waals surface area contributed by atoms with E-state index in [1.807, 2.05) is 24.2 Å². The summed E-state index contributed by atoms with van der Waals surface area (Å²) in [4.78, 5) is 33.1. The van der Waals surface area contributed by atoms with Crippen LogP contribution >= 0.6 is 11.6 Å². The normalized spacial score (nSPS) is 15.1. The average molecular weight is 389 g/mol. The van der Waals surface area contributed by atoms with Crippen LogP contribution in [0.15, 0.2) is 36.7 Å². The number of halogens is 1. The first-order valence-corrected chi connectivity index (χ1v) is 9.67. The van der Waals surface area contributed by atoms with Gasteiger partial charge in [0.15, 0.2) is 5.78 Å². The number of amides is 1. The highest BCUT2D eigenvalue weighted by Gasteiger charge is 2.21. The Morgan fingerprint density at radius 2 is 1.74 bits per heavy atom. The summed E-state index contributed by atoms with van der Waals surface area (Å²) in [6, 6.07) is 6.80. The van der Waals surface area contributed by atoms with Gasteiger partial charge in [-0.1, -0.05) is 11.6 Å². The highest BCUT2D eigenvalue weighted by atomic mass is 35.5. The molecule has 1 aromatic heterocycles. The maximum atomic E-state index is 12.4. The van der Waals surface area contributed by atoms with Gasteiger partial charge in [0.1, 0.15) is 5.82 Å². The lowest BCUT2D eigenvalue weighted by molar-refractivity contribution is -0.132. The maximum Gasteiger partial charge on any atom is 0.223 e. The quantitative estimate of drug-likeness (QED) is 0.684. The van der Waals surface area contributed by atoms with Crippen LogP contribution in [0, 0.1) is 6.92 Å². The van der Waals surface area contributed by atoms with E-state index in [1.165, 1.54) is 0 Å². The van der Waals surface area contributed by atoms with Crippen molar-refractivity contribution in [3.63, 3.8) is 0 Å². The number of Topliss-reactive ketones (excluding diaryl/α,β-unsaturated/α-hetero) is 1. The van der Waals surface area contributed by atoms with Gasteiger partial charge in [0.25, 0.3) is 0 Å². The van der Waals surface area contributed by atoms with Crippen molar-refractivity contribution in [2.24, 2.45) is 0 Å². The molecule has 0 aliphatic carbocycles. The third kappa shape index (κ3) is 5.40. The van der Waals surface area contributed by atoms with Crippen LogP contribution in [-0.4, -0.2) is 63.8 Å². The van der Waals surface area contributed by atoms with Crippen molar-refractivity contribution < 1.29 is 9.59 Å². The minimum atomic E-state index is -0.0191. The largest absolute Gasteiger partial charge is 0.340 e. The van der Waals surface area contributed by atoms with Gasteiger partial charge in [0.2, 0.25) is 5.91 Å². The molecule has 0 spiro atoms. The number of carbonyl (C=O) groups is 2. The zero-order valence-electron chi connectivity index (χ0n) is 15.6. The fraction of sp³-hybridized carbons (Fsp3) is 0.450. The van der Waals surface area contributed by atoms with Crippen molar-refractivity contribution in [1.29, 1.82) is 0 Å². The highest BCUT2D eigenvalue weighted by Crippen LogP contribution is 2.13. The van der Waals surface area contributed by atoms with Crippen LogP contribution in [-0.2, 0) is 11.3 Å². The third-order valence-electron chi connectivity index (χ3n) is 5.04. The van der Waals surface area contributed by atoms with Gasteiger partial charge < -0.3 is 9.47 Å². The predicted molar refractivity (Wildman–Crippen MR) is 105 cm³/mol. The number of piperazine rings is 1. The van der Waals surface area contributed by atoms with Crippen molar-refractivity contribution >= 4 is 23.3 Å². The summed E-state index contributed by atoms with van der Waals surface area (Å²) in [5, 5.41) is 0.601. The minimum absolute atomic E-state index is 0.0191. The maximum absolute atomic E-state index is 12.4. The van der Waals surface area contributed by atoms with Gasteiger partial charge >= 0.3 is 0 Å². The molecule has 1 amide bonds. The van der Waals surface area contributed by atoms with Gasteiger partial charge in [-0.15, -0.1) is 0 Å². The van der Waals surface area contributed by atoms with E-state index in [9.17, 15) is 9.59 Å². The number of hydrogen-bond acceptors (Lipinski definition) is 4. The molecule has 0 saturated carbocycles. The van der Waals surface area contributed by atoms with Gasteiger partial charge in [0, 0.05) is 75.1 Å². The Morgan fingerprint density at radius 1 is 1.04 bits per heavy atom. The van der Waals surface area contributed by atoms with Crippen molar-refractivity contribution in [1.82, 2.24) is 19.4 Å². The second kappa shape index (κ2) is 9.15. The molecule has 1 saturated heterocycles. The van der Waals surface area contributed by atoms with Crippen molar-refractivity contribution in [2.75, 3.05) is 32.7 Å². The summed E-state index contributed by atoms with van der Waals surface area (Å²) in [6.45, 7) is 7.04. The Balaban J connectivity index is 1.38. The molecule has 1 aliphatic heterocycles. The molecule has 2 aromatic rings. The van der Waals surface area contributed by atoms with Crippen LogP contribution < -0.4 is 0 Å². The number of ketones is 1. The minimum Gasteiger partial charge on any atom is -0.340 e. The highest BCUT2D eigenvalue weighted by molar-refractivity contribution is 6.30. The molecule has 0 unspecified atom stereocenters. The lowest BCUT2D eigenvalue weighted by Gasteiger charge is -2.34. The first-order valence-electron chi connectivity index (χ1n) is 9.29. The summed E-state index contributed by atoms with van der Waals surface area (Å²) >= 11 is 5.84. The number of nitrogens with zero attached hydrogens (tertiary/aromatic N) is 4. The molecular weight excluding hydrogens is 364 g/mol. The molecule has 144 valence electrons. The third-order valence-corrected chi connectivity index (χ3v) is 5.29. The molecule has 1 aliphatic rings. The lowest BCUT2D eigenvalue weighted by Crippen LogP contribution is -2.49. The van der Waals surface area contributed by atoms with Crippen molar-refractivity contribution in [3.05, 3.63) is 53.1 Å². The first kappa shape index (κ1) is 19.6. The summed E-state index contributed by atoms with van der Waals surface area (Å²) in [5.41, 5.74) is 0.604. The summed E-state index contributed by atoms with van der Waals surface area (Å²) in [5.74, 6) is 1.06. The molecule has 0 bridgehead atoms. The number of rotatable bonds is 7. The van der Waals surface area contributed by atoms with Crippen LogP contribution in [0.1, 0.15) is 29.0 Å². The zero-order valence-corrected chi connectivity index (χ0v) is 16.4. The molecule has 1 aromatic carbocycles. The second-order valence-corrected chi connectivity index (χ2v) is 7.26. The van der Waals surface area contributed by atoms with E-state index in [4.69, 9.17) is 11.6 Å². The first-order chi connectivity index (χ1) is 13.0. The summed E-state index contributed by atoms with van der Waals surface area (Å²) in [6.07, 6.45) is 4.31. The van der Waals surface area contributed by atoms with Crippen LogP contribution in [0.3, 0.4) is 0 Å². The Labute approximate surface area is 164 Å². The number of imidazole rings is 1. The van der Waals surface area contributed by atoms with Crippen molar-refractivity contribution in [2.45, 2.75) is 26.3 Å². The SMILES string of the molecule is Cc1nccn1CCN1CCN(C(=O)CCC(=O)c2ccc(Cl)cc2)CC1. The smallest absolute Gasteiger partial charge is 0.223 e. The van der Waals surface area contributed by atoms with E-state index in [0.717, 1.165) is 45.1 Å². The van der Waals surface area contributed by atoms with E-state index >= 15 is 0 Å². The van der Waals surface area contributed by atoms with E-state index < -0.39 is 0 Å². The Kier molecular flexibility index (Phi) is 6.63. The van der Waals surface area contributed by atoms with E-state index in [0.29, 0.717) is 10.6 Å². The summed E-state index contributed by atoms with van der Waals surface area (Å²) < 4.78 is 2.14. The Morgan fingerprint density at radius 3 is 2.37 bits per heavy atom. The summed E-state index contributed by atoms with van der Waals surface area (Å²) in [7, 11) is 0. The fourth-order valence-electron chi connectivity index (χ4n) is 3.27. The van der Waals surface area contributed by atoms with Crippen LogP contribution in [0.4, 0.5) is 0 Å². The Hall–Kier alpha value is -2.18. The molecule has 1 fully saturated rings. The monoisotopic (exact) mass is 388 g/mol. The van der Waals surface area contributed by atoms with Gasteiger partial charge in [-0.3, -0.25) is 14.5 Å². The molecule has 6 nitrogen and oxygen atoms in total. The lowest BCUT2D eigenvalue weighted by atomic mass is 10.1. The Bertz CT molecular complexity index is 780. The number of aromatic nitrogens is 2. The standard InChI is InChI=1S/C20H25ClN4O2/c1-16-22-8-9-24(16)13-10-23-11-14-25(15-12-23)20(27)7-6-19(26)17-2-4-18(21)5-3-17/h2-5,8-9H,6-7,10-15H2,1H3. The molecule has 0 N–H and O–H groups in total. The number of aryl methyl sites for hydroxylation is 1. The zero-order chi connectivity index (χ0) is 19.2. The molecule has 2 heterocycles. The topological polar surface area (TPSA) is 58.4 Å². The molecule has 0 atom stereocenters. The number of benzene rings is 1. The van der Waals surface area contributed by atoms with Crippen LogP contribution in [0.5, 0.6) is 0 Å². The van der Waals surface area contributed by atoms with E-state index in [-0.39, 0.29) is 24.5 Å².